The topological polar surface area (TPSA) is 56.1 Å². The number of aromatic nitrogens is 2. The number of nitrogens with zero attached hydrogens (tertiary/aromatic N) is 2. The van der Waals surface area contributed by atoms with Gasteiger partial charge in [-0.25, -0.2) is 0 Å². The first-order valence-corrected chi connectivity index (χ1v) is 5.57. The molecule has 0 radical (unpaired) electrons. The summed E-state index contributed by atoms with van der Waals surface area (Å²) in [6, 6.07) is 1.78. The first kappa shape index (κ1) is 11.1. The summed E-state index contributed by atoms with van der Waals surface area (Å²) in [5, 5.41) is 6.96. The first-order chi connectivity index (χ1) is 7.66. The summed E-state index contributed by atoms with van der Waals surface area (Å²) in [6.07, 6.45) is 2.29. The SMILES string of the molecule is Cc1cc(C(=O)NC[C@@H]2CCCO2)nn1C. The van der Waals surface area contributed by atoms with E-state index in [0.717, 1.165) is 25.1 Å². The van der Waals surface area contributed by atoms with Crippen LogP contribution >= 0.6 is 0 Å². The van der Waals surface area contributed by atoms with Gasteiger partial charge >= 0.3 is 0 Å². The van der Waals surface area contributed by atoms with Gasteiger partial charge in [-0.1, -0.05) is 0 Å². The Morgan fingerprint density at radius 2 is 2.56 bits per heavy atom. The molecule has 0 spiro atoms. The molecule has 0 aliphatic carbocycles. The lowest BCUT2D eigenvalue weighted by atomic mass is 10.2. The number of nitrogens with one attached hydrogen (secondary N) is 1. The standard InChI is InChI=1S/C11H17N3O2/c1-8-6-10(13-14(8)2)11(15)12-7-9-4-3-5-16-9/h6,9H,3-5,7H2,1-2H3,(H,12,15)/t9-/m0/s1. The van der Waals surface area contributed by atoms with E-state index in [1.54, 1.807) is 10.7 Å². The minimum absolute atomic E-state index is 0.126. The number of amides is 1. The molecule has 1 atom stereocenters. The third kappa shape index (κ3) is 2.41. The van der Waals surface area contributed by atoms with E-state index in [4.69, 9.17) is 4.74 Å². The van der Waals surface area contributed by atoms with E-state index in [9.17, 15) is 4.79 Å². The Morgan fingerprint density at radius 3 is 3.12 bits per heavy atom. The monoisotopic (exact) mass is 223 g/mol. The fourth-order valence-corrected chi connectivity index (χ4v) is 1.77. The zero-order valence-corrected chi connectivity index (χ0v) is 9.69. The maximum Gasteiger partial charge on any atom is 0.271 e. The van der Waals surface area contributed by atoms with E-state index >= 15 is 0 Å². The molecule has 5 nitrogen and oxygen atoms in total. The Morgan fingerprint density at radius 1 is 1.75 bits per heavy atom. The van der Waals surface area contributed by atoms with Crippen molar-refractivity contribution in [3.05, 3.63) is 17.5 Å². The molecule has 0 bridgehead atoms. The van der Waals surface area contributed by atoms with Crippen LogP contribution in [0.4, 0.5) is 0 Å². The lowest BCUT2D eigenvalue weighted by Gasteiger charge is -2.09. The van der Waals surface area contributed by atoms with Crippen molar-refractivity contribution in [2.75, 3.05) is 13.2 Å². The number of hydrogen-bond acceptors (Lipinski definition) is 3. The molecule has 1 N–H and O–H groups in total. The third-order valence-corrected chi connectivity index (χ3v) is 2.86. The van der Waals surface area contributed by atoms with Crippen LogP contribution in [0.2, 0.25) is 0 Å². The molecule has 2 rings (SSSR count). The van der Waals surface area contributed by atoms with Crippen molar-refractivity contribution in [2.45, 2.75) is 25.9 Å². The molecule has 0 saturated carbocycles. The normalized spacial score (nSPS) is 20.0. The lowest BCUT2D eigenvalue weighted by molar-refractivity contribution is 0.0853. The number of rotatable bonds is 3. The van der Waals surface area contributed by atoms with Gasteiger partial charge in [-0.05, 0) is 25.8 Å². The lowest BCUT2D eigenvalue weighted by Crippen LogP contribution is -2.32. The van der Waals surface area contributed by atoms with Crippen molar-refractivity contribution < 1.29 is 9.53 Å². The van der Waals surface area contributed by atoms with Crippen molar-refractivity contribution in [3.63, 3.8) is 0 Å². The van der Waals surface area contributed by atoms with Crippen LogP contribution in [0.1, 0.15) is 29.0 Å². The average Bonchev–Trinajstić information content (AvgIpc) is 2.86. The largest absolute Gasteiger partial charge is 0.376 e. The van der Waals surface area contributed by atoms with Crippen LogP contribution in [-0.4, -0.2) is 34.9 Å². The molecule has 2 heterocycles. The molecule has 1 aromatic rings. The molecule has 1 aliphatic rings. The minimum Gasteiger partial charge on any atom is -0.376 e. The molecule has 0 aromatic carbocycles. The smallest absolute Gasteiger partial charge is 0.271 e. The zero-order chi connectivity index (χ0) is 11.5. The predicted octanol–water partition coefficient (Wildman–Crippen LogP) is 0.637. The van der Waals surface area contributed by atoms with Crippen LogP contribution < -0.4 is 5.32 Å². The Hall–Kier alpha value is -1.36. The van der Waals surface area contributed by atoms with Crippen LogP contribution in [-0.2, 0) is 11.8 Å². The molecule has 0 unspecified atom stereocenters. The molecule has 1 saturated heterocycles. The van der Waals surface area contributed by atoms with Gasteiger partial charge in [-0.15, -0.1) is 0 Å². The average molecular weight is 223 g/mol. The van der Waals surface area contributed by atoms with Gasteiger partial charge in [-0.2, -0.15) is 5.10 Å². The summed E-state index contributed by atoms with van der Waals surface area (Å²) in [5.41, 5.74) is 1.44. The quantitative estimate of drug-likeness (QED) is 0.818. The second kappa shape index (κ2) is 4.65. The van der Waals surface area contributed by atoms with Crippen LogP contribution in [0.15, 0.2) is 6.07 Å². The van der Waals surface area contributed by atoms with Crippen molar-refractivity contribution >= 4 is 5.91 Å². The van der Waals surface area contributed by atoms with E-state index in [0.29, 0.717) is 12.2 Å². The Bertz CT molecular complexity index is 361. The molecule has 16 heavy (non-hydrogen) atoms. The maximum atomic E-state index is 11.7. The van der Waals surface area contributed by atoms with Gasteiger partial charge in [-0.3, -0.25) is 9.48 Å². The van der Waals surface area contributed by atoms with Gasteiger partial charge in [0.25, 0.3) is 5.91 Å². The molecule has 1 amide bonds. The van der Waals surface area contributed by atoms with Crippen molar-refractivity contribution in [3.8, 4) is 0 Å². The third-order valence-electron chi connectivity index (χ3n) is 2.86. The number of carbonyl (C=O) groups excluding carboxylic acids is 1. The van der Waals surface area contributed by atoms with Gasteiger partial charge in [0.2, 0.25) is 0 Å². The Labute approximate surface area is 94.8 Å². The fourth-order valence-electron chi connectivity index (χ4n) is 1.77. The van der Waals surface area contributed by atoms with Crippen molar-refractivity contribution in [2.24, 2.45) is 7.05 Å². The first-order valence-electron chi connectivity index (χ1n) is 5.57. The highest BCUT2D eigenvalue weighted by Crippen LogP contribution is 2.10. The van der Waals surface area contributed by atoms with E-state index in [-0.39, 0.29) is 12.0 Å². The molecular weight excluding hydrogens is 206 g/mol. The molecule has 1 aliphatic heterocycles. The predicted molar refractivity (Wildman–Crippen MR) is 59.3 cm³/mol. The summed E-state index contributed by atoms with van der Waals surface area (Å²) in [7, 11) is 1.83. The molecule has 88 valence electrons. The van der Waals surface area contributed by atoms with Crippen molar-refractivity contribution in [1.29, 1.82) is 0 Å². The van der Waals surface area contributed by atoms with Gasteiger partial charge in [0.1, 0.15) is 5.69 Å². The zero-order valence-electron chi connectivity index (χ0n) is 9.69. The van der Waals surface area contributed by atoms with E-state index in [2.05, 4.69) is 10.4 Å². The highest BCUT2D eigenvalue weighted by molar-refractivity contribution is 5.92. The van der Waals surface area contributed by atoms with Crippen LogP contribution in [0.25, 0.3) is 0 Å². The second-order valence-electron chi connectivity index (χ2n) is 4.14. The van der Waals surface area contributed by atoms with Gasteiger partial charge in [0.05, 0.1) is 6.10 Å². The van der Waals surface area contributed by atoms with Gasteiger partial charge < -0.3 is 10.1 Å². The molecule has 5 heteroatoms. The van der Waals surface area contributed by atoms with Gasteiger partial charge in [0, 0.05) is 25.9 Å². The number of hydrogen-bond donors (Lipinski definition) is 1. The summed E-state index contributed by atoms with van der Waals surface area (Å²) < 4.78 is 7.12. The molecular formula is C11H17N3O2. The van der Waals surface area contributed by atoms with Crippen LogP contribution in [0.3, 0.4) is 0 Å². The number of ether oxygens (including phenoxy) is 1. The van der Waals surface area contributed by atoms with E-state index in [1.165, 1.54) is 0 Å². The van der Waals surface area contributed by atoms with Crippen LogP contribution in [0.5, 0.6) is 0 Å². The highest BCUT2D eigenvalue weighted by atomic mass is 16.5. The van der Waals surface area contributed by atoms with Crippen LogP contribution in [0, 0.1) is 6.92 Å². The Kier molecular flexibility index (Phi) is 3.24. The van der Waals surface area contributed by atoms with E-state index in [1.807, 2.05) is 14.0 Å². The highest BCUT2D eigenvalue weighted by Gasteiger charge is 2.17. The summed E-state index contributed by atoms with van der Waals surface area (Å²) in [5.74, 6) is -0.126. The maximum absolute atomic E-state index is 11.7. The van der Waals surface area contributed by atoms with Crippen molar-refractivity contribution in [1.82, 2.24) is 15.1 Å². The summed E-state index contributed by atoms with van der Waals surface area (Å²) in [6.45, 7) is 3.31. The summed E-state index contributed by atoms with van der Waals surface area (Å²) >= 11 is 0. The Balaban J connectivity index is 1.87. The molecule has 1 aromatic heterocycles. The number of carbonyl (C=O) groups is 1. The molecule has 1 fully saturated rings. The van der Waals surface area contributed by atoms with Gasteiger partial charge in [0.15, 0.2) is 0 Å². The minimum atomic E-state index is -0.126. The van der Waals surface area contributed by atoms with E-state index < -0.39 is 0 Å². The fraction of sp³-hybridized carbons (Fsp3) is 0.636. The summed E-state index contributed by atoms with van der Waals surface area (Å²) in [4.78, 5) is 11.7. The second-order valence-corrected chi connectivity index (χ2v) is 4.14. The number of aryl methyl sites for hydroxylation is 2.